The van der Waals surface area contributed by atoms with Gasteiger partial charge in [-0.1, -0.05) is 157 Å². The van der Waals surface area contributed by atoms with Crippen LogP contribution in [0.15, 0.2) is 72.8 Å². The molecule has 8 aromatic heterocycles. The molecule has 23 N–H and O–H groups in total. The number of rotatable bonds is 57. The Labute approximate surface area is 875 Å². The number of tetrazole rings is 3. The lowest BCUT2D eigenvalue weighted by Gasteiger charge is -2.22. The van der Waals surface area contributed by atoms with Gasteiger partial charge in [-0.2, -0.15) is 52.3 Å². The van der Waals surface area contributed by atoms with Gasteiger partial charge in [-0.05, 0) is 160 Å². The van der Waals surface area contributed by atoms with E-state index < -0.39 is 28.9 Å². The van der Waals surface area contributed by atoms with Crippen LogP contribution in [0.25, 0.3) is 0 Å². The van der Waals surface area contributed by atoms with Crippen molar-refractivity contribution in [3.8, 4) is 28.7 Å². The van der Waals surface area contributed by atoms with Gasteiger partial charge in [0.15, 0.2) is 29.0 Å². The summed E-state index contributed by atoms with van der Waals surface area (Å²) in [6, 6.07) is 23.1. The third-order valence-corrected chi connectivity index (χ3v) is 25.9. The van der Waals surface area contributed by atoms with Crippen LogP contribution in [0, 0.1) is 27.7 Å². The number of nitrogens with zero attached hydrogens (tertiary/aromatic N) is 19. The van der Waals surface area contributed by atoms with Crippen molar-refractivity contribution in [1.29, 1.82) is 0 Å². The van der Waals surface area contributed by atoms with Crippen LogP contribution in [0.3, 0.4) is 0 Å². The van der Waals surface area contributed by atoms with Gasteiger partial charge in [0, 0.05) is 140 Å². The molecule has 0 bridgehead atoms. The fourth-order valence-electron chi connectivity index (χ4n) is 16.5. The van der Waals surface area contributed by atoms with Gasteiger partial charge in [0.1, 0.15) is 56.1 Å². The average Bonchev–Trinajstić information content (AvgIpc) is 1.57. The number of benzene rings is 4. The largest absolute Gasteiger partial charge is 0.496 e. The molecule has 0 fully saturated rings. The van der Waals surface area contributed by atoms with Crippen molar-refractivity contribution < 1.29 is 67.1 Å². The maximum atomic E-state index is 11.8. The number of unbranched alkanes of at least 4 members (excludes halogenated alkanes) is 5. The number of aryl methyl sites for hydroxylation is 5. The molecule has 4 atom stereocenters. The molecular formula is C100H149BN32O14S2. The van der Waals surface area contributed by atoms with Crippen LogP contribution in [0.1, 0.15) is 264 Å². The Bertz CT molecular complexity index is 6220. The summed E-state index contributed by atoms with van der Waals surface area (Å²) in [5.41, 5.74) is 44.0. The second-order valence-corrected chi connectivity index (χ2v) is 39.2. The minimum absolute atomic E-state index is 0.00803. The highest BCUT2D eigenvalue weighted by atomic mass is 32.2. The summed E-state index contributed by atoms with van der Waals surface area (Å²) in [5.74, 6) is 8.63. The van der Waals surface area contributed by atoms with Crippen molar-refractivity contribution in [1.82, 2.24) is 112 Å². The molecule has 46 nitrogen and oxygen atoms in total. The fraction of sp³-hybridized carbons (Fsp3) is 0.510. The normalized spacial score (nSPS) is 11.8. The first kappa shape index (κ1) is 120. The molecule has 0 saturated carbocycles. The first-order valence-electron chi connectivity index (χ1n) is 50.0. The van der Waals surface area contributed by atoms with Crippen LogP contribution >= 0.6 is 11.8 Å². The predicted molar refractivity (Wildman–Crippen MR) is 580 cm³/mol. The number of hydrogen-bond donors (Lipinski definition) is 18. The molecule has 12 aromatic rings. The van der Waals surface area contributed by atoms with E-state index in [2.05, 4.69) is 185 Å². The molecule has 808 valence electrons. The van der Waals surface area contributed by atoms with Gasteiger partial charge >= 0.3 is 19.1 Å². The lowest BCUT2D eigenvalue weighted by molar-refractivity contribution is -0.138. The Morgan fingerprint density at radius 2 is 0.779 bits per heavy atom. The minimum atomic E-state index is -3.08. The van der Waals surface area contributed by atoms with Crippen molar-refractivity contribution in [3.63, 3.8) is 0 Å². The maximum Gasteiger partial charge on any atom is 0.488 e. The number of aliphatic hydroxyl groups is 1. The quantitative estimate of drug-likeness (QED) is 0.0124. The number of thioether (sulfide) groups is 1. The second-order valence-electron chi connectivity index (χ2n) is 35.9. The number of nitrogen functional groups attached to an aromatic ring is 5. The van der Waals surface area contributed by atoms with Crippen LogP contribution in [0.5, 0.6) is 28.7 Å². The van der Waals surface area contributed by atoms with Gasteiger partial charge in [-0.15, -0.1) is 30.6 Å². The van der Waals surface area contributed by atoms with Gasteiger partial charge < -0.3 is 104 Å². The minimum Gasteiger partial charge on any atom is -0.496 e. The smallest absolute Gasteiger partial charge is 0.488 e. The molecule has 8 heterocycles. The zero-order valence-corrected chi connectivity index (χ0v) is 90.0. The molecule has 4 aromatic carbocycles. The zero-order chi connectivity index (χ0) is 108. The summed E-state index contributed by atoms with van der Waals surface area (Å²) in [4.78, 5) is 65.7. The number of hydrogen-bond acceptors (Lipinski definition) is 42. The number of methoxy groups -OCH3 is 5. The van der Waals surface area contributed by atoms with E-state index in [0.717, 1.165) is 196 Å². The van der Waals surface area contributed by atoms with E-state index in [1.165, 1.54) is 26.2 Å². The number of nitrogens with one attached hydrogen (secondary N) is 8. The number of aliphatic carboxylic acids is 2. The highest BCUT2D eigenvalue weighted by Gasteiger charge is 2.27. The Balaban J connectivity index is 0.000000229. The van der Waals surface area contributed by atoms with Gasteiger partial charge in [-0.25, -0.2) is 33.3 Å². The highest BCUT2D eigenvalue weighted by molar-refractivity contribution is 7.98. The summed E-state index contributed by atoms with van der Waals surface area (Å²) in [5, 5.41) is 106. The van der Waals surface area contributed by atoms with E-state index in [-0.39, 0.29) is 79.5 Å². The number of ether oxygens (including phenoxy) is 5. The van der Waals surface area contributed by atoms with E-state index in [1.54, 1.807) is 46.6 Å². The average molecular weight is 2100 g/mol. The Kier molecular flexibility index (Phi) is 50.5. The van der Waals surface area contributed by atoms with Gasteiger partial charge in [-0.3, -0.25) is 9.59 Å². The Hall–Kier alpha value is -14.3. The molecule has 0 saturated heterocycles. The molecule has 0 aliphatic carbocycles. The molecule has 0 radical (unpaired) electrons. The van der Waals surface area contributed by atoms with E-state index in [1.807, 2.05) is 88.0 Å². The number of aliphatic hydroxyl groups excluding tert-OH is 1. The van der Waals surface area contributed by atoms with Crippen LogP contribution in [0.2, 0.25) is 0 Å². The van der Waals surface area contributed by atoms with Crippen LogP contribution in [0.4, 0.5) is 58.8 Å². The molecule has 0 aliphatic rings. The predicted octanol–water partition coefficient (Wildman–Crippen LogP) is 11.1. The number of sulfone groups is 1. The summed E-state index contributed by atoms with van der Waals surface area (Å²) in [6.45, 7) is 19.1. The van der Waals surface area contributed by atoms with Crippen LogP contribution in [-0.4, -0.2) is 261 Å². The Morgan fingerprint density at radius 1 is 0.430 bits per heavy atom. The summed E-state index contributed by atoms with van der Waals surface area (Å²) < 4.78 is 51.2. The lowest BCUT2D eigenvalue weighted by Crippen LogP contribution is -2.30. The number of aromatic nitrogens is 22. The van der Waals surface area contributed by atoms with Crippen LogP contribution < -0.4 is 84.4 Å². The van der Waals surface area contributed by atoms with Crippen molar-refractivity contribution in [3.05, 3.63) is 180 Å². The molecule has 0 spiro atoms. The van der Waals surface area contributed by atoms with Gasteiger partial charge in [0.25, 0.3) is 0 Å². The summed E-state index contributed by atoms with van der Waals surface area (Å²) in [6.07, 6.45) is 23.3. The van der Waals surface area contributed by atoms with E-state index in [4.69, 9.17) is 57.5 Å². The van der Waals surface area contributed by atoms with E-state index >= 15 is 0 Å². The van der Waals surface area contributed by atoms with Gasteiger partial charge in [0.2, 0.25) is 29.7 Å². The fourth-order valence-corrected chi connectivity index (χ4v) is 17.7. The highest BCUT2D eigenvalue weighted by Crippen LogP contribution is 2.36. The molecule has 12 rings (SSSR count). The van der Waals surface area contributed by atoms with Crippen molar-refractivity contribution >= 4 is 105 Å². The molecule has 0 unspecified atom stereocenters. The number of H-pyrrole nitrogens is 3. The third kappa shape index (κ3) is 40.3. The number of nitrogens with two attached hydrogens (primary N) is 5. The van der Waals surface area contributed by atoms with Crippen molar-refractivity contribution in [2.24, 2.45) is 0 Å². The van der Waals surface area contributed by atoms with Crippen molar-refractivity contribution in [2.75, 3.05) is 128 Å². The molecule has 0 aliphatic heterocycles. The monoisotopic (exact) mass is 2100 g/mol. The molecular weight excluding hydrogens is 1950 g/mol. The number of carboxylic acids is 2. The molecule has 149 heavy (non-hydrogen) atoms. The lowest BCUT2D eigenvalue weighted by atomic mass is 9.79. The SMILES string of the molecule is CCCCNc1nc(N)nc(C)c1Cc1cc(B(O)O)ccc1OC.CCCC[C@@H](CCO)Nc1nc(N)nc(CCC(=O)O)c1OC.CCCC[C@@H](CCS(C)(=O)=O)Nc1nc(N)nc(C)c1Cc1cc(Cc2nn[nH]n2)ccc1OC.CCCC[C@@H](CCSC)Nc1nc(N)nc(C)c1Cc1cc(Cc2nn[nH]n2)ccc1OC.CCCC[C@H](CC(=O)O)Nc1nc(N)nc(C)c1Cc1cc(Cc2nn[nH]n2)ccc1OC. The molecule has 0 amide bonds. The number of anilines is 10. The van der Waals surface area contributed by atoms with Gasteiger partial charge in [0.05, 0.1) is 59.8 Å². The summed E-state index contributed by atoms with van der Waals surface area (Å²) in [7, 11) is 3.40. The number of aromatic amines is 3. The number of carbonyl (C=O) groups is 2. The maximum absolute atomic E-state index is 11.8. The zero-order valence-electron chi connectivity index (χ0n) is 88.3. The first-order valence-corrected chi connectivity index (χ1v) is 53.4. The van der Waals surface area contributed by atoms with Crippen LogP contribution in [-0.2, 0) is 70.8 Å². The van der Waals surface area contributed by atoms with E-state index in [9.17, 15) is 38.3 Å². The van der Waals surface area contributed by atoms with E-state index in [0.29, 0.717) is 134 Å². The van der Waals surface area contributed by atoms with Crippen molar-refractivity contribution in [2.45, 2.75) is 260 Å². The topological polar surface area (TPSA) is 698 Å². The first-order chi connectivity index (χ1) is 71.6. The standard InChI is InChI=1S/C23H34N8O3S.C23H34N8OS.C22H30N8O3.C17H25BN4O3.C15H26N4O4/c1-5-6-7-18(10-11-35(4,32)33)26-22-19(15(2)25-23(24)27-22)14-17-12-16(8-9-20(17)34-3)13-21-28-30-31-29-21;1-5-6-7-18(10-11-33-4)26-22-19(15(2)25-23(24)27-22)14-17-12-16(8-9-20(17)32-3)13-21-28-30-31-29-21;1-4-5-6-16(12-20(31)32)25-21-17(13(2)24-22(23)26-21)11-15-9-14(7-8-18(15)33-3)10-19-27-29-30-28-19;1-4-5-8-20-16-14(11(2)21-17(19)22-16)10-12-9-13(18(23)24)6-7-15(12)25-3;1-3-4-5-10(8-9-20)17-14-13(23-2)11(6-7-12(21)22)18-15(16)19-14/h8-9,12,18H,5-7,10-11,13-14H2,1-4H3,(H3,24,25,26,27)(H,28,29,30,31);8-9,12,18H,5-7,10-11,13-14H2,1-4H3,(H3,24,25,26,27)(H,28,29,30,31);7-9,16H,4-6,10-12H2,1-3H3,(H,31,32)(H3,23,24,25,26)(H,27,28,29,30);6-7,9,23-24H,4-5,8,10H2,1-3H3,(H3,19,20,21,22);10,20H,3-9H2,1-2H3,(H,21,22)(H3,16,17,18,19)/t2*18-;16-;;10-/m001.0/s1. The number of carboxylic acid groups (broad SMARTS) is 2. The Morgan fingerprint density at radius 3 is 1.13 bits per heavy atom. The third-order valence-electron chi connectivity index (χ3n) is 24.2. The second kappa shape index (κ2) is 62.7. The summed E-state index contributed by atoms with van der Waals surface area (Å²) >= 11 is 1.86. The molecule has 49 heteroatoms.